The summed E-state index contributed by atoms with van der Waals surface area (Å²) < 4.78 is 25.5. The molecule has 2 aromatic carbocycles. The molecule has 0 bridgehead atoms. The van der Waals surface area contributed by atoms with E-state index in [1.54, 1.807) is 24.1 Å². The number of thiazole rings is 1. The highest BCUT2D eigenvalue weighted by atomic mass is 32.1. The summed E-state index contributed by atoms with van der Waals surface area (Å²) in [4.78, 5) is 21.5. The van der Waals surface area contributed by atoms with Crippen molar-refractivity contribution in [1.82, 2.24) is 9.88 Å². The van der Waals surface area contributed by atoms with Gasteiger partial charge in [-0.25, -0.2) is 9.37 Å². The van der Waals surface area contributed by atoms with Crippen LogP contribution < -0.4 is 14.4 Å². The lowest BCUT2D eigenvalue weighted by Crippen LogP contribution is -2.41. The Morgan fingerprint density at radius 1 is 1.13 bits per heavy atom. The van der Waals surface area contributed by atoms with Crippen LogP contribution in [0.5, 0.6) is 11.5 Å². The van der Waals surface area contributed by atoms with Crippen LogP contribution in [-0.4, -0.2) is 55.7 Å². The van der Waals surface area contributed by atoms with Gasteiger partial charge >= 0.3 is 0 Å². The van der Waals surface area contributed by atoms with Gasteiger partial charge in [-0.05, 0) is 43.4 Å². The predicted molar refractivity (Wildman–Crippen MR) is 118 cm³/mol. The molecule has 0 atom stereocenters. The Hall–Kier alpha value is -2.71. The zero-order valence-corrected chi connectivity index (χ0v) is 18.2. The minimum absolute atomic E-state index is 0.0589. The van der Waals surface area contributed by atoms with Crippen molar-refractivity contribution in [2.75, 3.05) is 44.8 Å². The number of halogens is 1. The van der Waals surface area contributed by atoms with Crippen LogP contribution in [-0.2, 0) is 4.79 Å². The highest BCUT2D eigenvalue weighted by molar-refractivity contribution is 7.22. The minimum atomic E-state index is -0.493. The molecule has 0 fully saturated rings. The van der Waals surface area contributed by atoms with Gasteiger partial charge in [0, 0.05) is 13.1 Å². The summed E-state index contributed by atoms with van der Waals surface area (Å²) in [5.41, 5.74) is 0.798. The number of fused-ring (bicyclic) bond motifs is 1. The first kappa shape index (κ1) is 22.0. The number of hydrogen-bond donors (Lipinski definition) is 0. The van der Waals surface area contributed by atoms with Crippen LogP contribution in [0.4, 0.5) is 9.52 Å². The number of hydrogen-bond acceptors (Lipinski definition) is 6. The maximum absolute atomic E-state index is 13.8. The van der Waals surface area contributed by atoms with E-state index in [4.69, 9.17) is 9.47 Å². The summed E-state index contributed by atoms with van der Waals surface area (Å²) in [5, 5.41) is 0.590. The molecule has 0 saturated carbocycles. The van der Waals surface area contributed by atoms with Crippen LogP contribution >= 0.6 is 11.3 Å². The molecule has 0 aliphatic heterocycles. The number of carbonyl (C=O) groups excluding carboxylic acids is 1. The first-order chi connectivity index (χ1) is 14.5. The number of nitrogens with zero attached hydrogens (tertiary/aromatic N) is 3. The lowest BCUT2D eigenvalue weighted by Gasteiger charge is -2.24. The van der Waals surface area contributed by atoms with Gasteiger partial charge in [0.05, 0.1) is 17.3 Å². The van der Waals surface area contributed by atoms with Crippen molar-refractivity contribution in [3.05, 3.63) is 48.3 Å². The van der Waals surface area contributed by atoms with Crippen molar-refractivity contribution < 1.29 is 18.7 Å². The van der Waals surface area contributed by atoms with Crippen molar-refractivity contribution in [1.29, 1.82) is 0 Å². The van der Waals surface area contributed by atoms with Crippen LogP contribution in [0, 0.1) is 5.82 Å². The number of methoxy groups -OCH3 is 1. The smallest absolute Gasteiger partial charge is 0.266 e. The van der Waals surface area contributed by atoms with E-state index in [2.05, 4.69) is 23.7 Å². The predicted octanol–water partition coefficient (Wildman–Crippen LogP) is 4.20. The molecular formula is C22H26FN3O3S. The molecule has 0 spiro atoms. The molecule has 1 amide bonds. The first-order valence-corrected chi connectivity index (χ1v) is 10.7. The number of amides is 1. The van der Waals surface area contributed by atoms with Gasteiger partial charge in [-0.15, -0.1) is 0 Å². The molecule has 3 aromatic rings. The molecule has 0 aliphatic rings. The molecule has 8 heteroatoms. The molecule has 0 N–H and O–H groups in total. The van der Waals surface area contributed by atoms with Gasteiger partial charge in [-0.1, -0.05) is 37.3 Å². The van der Waals surface area contributed by atoms with Gasteiger partial charge in [0.1, 0.15) is 5.75 Å². The van der Waals surface area contributed by atoms with Gasteiger partial charge in [0.15, 0.2) is 23.3 Å². The number of likely N-dealkylation sites (N-methyl/N-ethyl adjacent to an activating group) is 1. The van der Waals surface area contributed by atoms with Crippen molar-refractivity contribution >= 4 is 32.6 Å². The van der Waals surface area contributed by atoms with Gasteiger partial charge in [-0.2, -0.15) is 0 Å². The zero-order chi connectivity index (χ0) is 21.5. The fourth-order valence-electron chi connectivity index (χ4n) is 3.02. The second-order valence-corrected chi connectivity index (χ2v) is 7.63. The van der Waals surface area contributed by atoms with Crippen molar-refractivity contribution in [2.24, 2.45) is 0 Å². The lowest BCUT2D eigenvalue weighted by atomic mass is 10.3. The Labute approximate surface area is 179 Å². The largest absolute Gasteiger partial charge is 0.497 e. The summed E-state index contributed by atoms with van der Waals surface area (Å²) in [5.74, 6) is 0.0358. The maximum atomic E-state index is 13.8. The molecular weight excluding hydrogens is 405 g/mol. The van der Waals surface area contributed by atoms with E-state index in [-0.39, 0.29) is 18.3 Å². The fourth-order valence-corrected chi connectivity index (χ4v) is 4.06. The molecule has 0 unspecified atom stereocenters. The molecule has 1 heterocycles. The minimum Gasteiger partial charge on any atom is -0.497 e. The SMILES string of the molecule is CCN(CC)CCN(C(=O)COc1ccccc1F)c1nc2ccc(OC)cc2s1. The first-order valence-electron chi connectivity index (χ1n) is 9.90. The Morgan fingerprint density at radius 3 is 2.60 bits per heavy atom. The Balaban J connectivity index is 1.82. The molecule has 0 aliphatic carbocycles. The Bertz CT molecular complexity index is 991. The number of carbonyl (C=O) groups is 1. The summed E-state index contributed by atoms with van der Waals surface area (Å²) in [6, 6.07) is 11.7. The third kappa shape index (κ3) is 5.25. The van der Waals surface area contributed by atoms with Crippen LogP contribution in [0.3, 0.4) is 0 Å². The summed E-state index contributed by atoms with van der Waals surface area (Å²) in [6.45, 7) is 6.86. The molecule has 0 radical (unpaired) electrons. The molecule has 0 saturated heterocycles. The Kier molecular flexibility index (Phi) is 7.59. The number of ether oxygens (including phenoxy) is 2. The van der Waals surface area contributed by atoms with Crippen LogP contribution in [0.15, 0.2) is 42.5 Å². The van der Waals surface area contributed by atoms with Crippen LogP contribution in [0.2, 0.25) is 0 Å². The normalized spacial score (nSPS) is 11.1. The molecule has 1 aromatic heterocycles. The van der Waals surface area contributed by atoms with E-state index in [0.29, 0.717) is 18.2 Å². The molecule has 3 rings (SSSR count). The van der Waals surface area contributed by atoms with E-state index >= 15 is 0 Å². The van der Waals surface area contributed by atoms with Gasteiger partial charge < -0.3 is 14.4 Å². The number of benzene rings is 2. The standard InChI is InChI=1S/C22H26FN3O3S/c1-4-25(5-2)12-13-26(21(27)15-29-19-9-7-6-8-17(19)23)22-24-18-11-10-16(28-3)14-20(18)30-22/h6-11,14H,4-5,12-13,15H2,1-3H3. The molecule has 160 valence electrons. The van der Waals surface area contributed by atoms with Crippen molar-refractivity contribution in [3.8, 4) is 11.5 Å². The van der Waals surface area contributed by atoms with Crippen molar-refractivity contribution in [2.45, 2.75) is 13.8 Å². The monoisotopic (exact) mass is 431 g/mol. The number of anilines is 1. The van der Waals surface area contributed by atoms with Crippen LogP contribution in [0.1, 0.15) is 13.8 Å². The fraction of sp³-hybridized carbons (Fsp3) is 0.364. The Morgan fingerprint density at radius 2 is 1.90 bits per heavy atom. The van der Waals surface area contributed by atoms with E-state index in [9.17, 15) is 9.18 Å². The van der Waals surface area contributed by atoms with E-state index in [1.807, 2.05) is 18.2 Å². The number of rotatable bonds is 10. The summed E-state index contributed by atoms with van der Waals surface area (Å²) in [6.07, 6.45) is 0. The second-order valence-electron chi connectivity index (χ2n) is 6.62. The highest BCUT2D eigenvalue weighted by Gasteiger charge is 2.21. The van der Waals surface area contributed by atoms with E-state index < -0.39 is 5.82 Å². The third-order valence-electron chi connectivity index (χ3n) is 4.84. The molecule has 6 nitrogen and oxygen atoms in total. The summed E-state index contributed by atoms with van der Waals surface area (Å²) >= 11 is 1.42. The average Bonchev–Trinajstić information content (AvgIpc) is 3.18. The van der Waals surface area contributed by atoms with E-state index in [1.165, 1.54) is 23.5 Å². The lowest BCUT2D eigenvalue weighted by molar-refractivity contribution is -0.120. The van der Waals surface area contributed by atoms with E-state index in [0.717, 1.165) is 29.1 Å². The third-order valence-corrected chi connectivity index (χ3v) is 5.88. The van der Waals surface area contributed by atoms with Crippen LogP contribution in [0.25, 0.3) is 10.2 Å². The highest BCUT2D eigenvalue weighted by Crippen LogP contribution is 2.31. The van der Waals surface area contributed by atoms with Crippen molar-refractivity contribution in [3.63, 3.8) is 0 Å². The maximum Gasteiger partial charge on any atom is 0.266 e. The van der Waals surface area contributed by atoms with Gasteiger partial charge in [0.25, 0.3) is 5.91 Å². The average molecular weight is 432 g/mol. The molecule has 30 heavy (non-hydrogen) atoms. The second kappa shape index (κ2) is 10.4. The number of para-hydroxylation sites is 1. The zero-order valence-electron chi connectivity index (χ0n) is 17.4. The van der Waals surface area contributed by atoms with Gasteiger partial charge in [-0.3, -0.25) is 9.69 Å². The van der Waals surface area contributed by atoms with Gasteiger partial charge in [0.2, 0.25) is 0 Å². The number of aromatic nitrogens is 1. The summed E-state index contributed by atoms with van der Waals surface area (Å²) in [7, 11) is 1.61. The topological polar surface area (TPSA) is 54.9 Å². The quantitative estimate of drug-likeness (QED) is 0.482.